The molecule has 0 fully saturated rings. The molecule has 0 spiro atoms. The average Bonchev–Trinajstić information content (AvgIpc) is 2.34. The van der Waals surface area contributed by atoms with Gasteiger partial charge < -0.3 is 5.11 Å². The number of aryl methyl sites for hydroxylation is 3. The molecule has 1 aromatic heterocycles. The molecule has 0 amide bonds. The second-order valence-corrected chi connectivity index (χ2v) is 4.76. The van der Waals surface area contributed by atoms with Crippen LogP contribution in [-0.4, -0.2) is 15.1 Å². The van der Waals surface area contributed by atoms with Crippen molar-refractivity contribution < 1.29 is 5.11 Å². The summed E-state index contributed by atoms with van der Waals surface area (Å²) in [5.41, 5.74) is 4.61. The number of aliphatic hydroxyl groups is 1. The highest BCUT2D eigenvalue weighted by Gasteiger charge is 2.11. The lowest BCUT2D eigenvalue weighted by Gasteiger charge is -2.10. The maximum absolute atomic E-state index is 10.1. The van der Waals surface area contributed by atoms with Crippen molar-refractivity contribution in [3.05, 3.63) is 58.7 Å². The van der Waals surface area contributed by atoms with Crippen molar-refractivity contribution in [1.82, 2.24) is 9.97 Å². The molecular weight excluding hydrogens is 224 g/mol. The van der Waals surface area contributed by atoms with Crippen LogP contribution in [0.4, 0.5) is 0 Å². The Balaban J connectivity index is 2.13. The summed E-state index contributed by atoms with van der Waals surface area (Å²) in [4.78, 5) is 8.31. The maximum Gasteiger partial charge on any atom is 0.157 e. The first-order chi connectivity index (χ1) is 8.56. The Morgan fingerprint density at radius 1 is 1.06 bits per heavy atom. The summed E-state index contributed by atoms with van der Waals surface area (Å²) >= 11 is 0. The molecule has 0 aliphatic heterocycles. The number of nitrogens with zero attached hydrogens (tertiary/aromatic N) is 2. The lowest BCUT2D eigenvalue weighted by atomic mass is 10.0. The molecule has 0 saturated carbocycles. The van der Waals surface area contributed by atoms with Gasteiger partial charge in [0.15, 0.2) is 5.82 Å². The quantitative estimate of drug-likeness (QED) is 0.900. The largest absolute Gasteiger partial charge is 0.385 e. The summed E-state index contributed by atoms with van der Waals surface area (Å²) in [6.45, 7) is 6.09. The molecule has 2 aromatic rings. The minimum Gasteiger partial charge on any atom is -0.385 e. The van der Waals surface area contributed by atoms with Crippen LogP contribution in [0.25, 0.3) is 0 Å². The van der Waals surface area contributed by atoms with Crippen LogP contribution < -0.4 is 0 Å². The number of aliphatic hydroxyl groups excluding tert-OH is 1. The molecule has 0 saturated heterocycles. The third-order valence-electron chi connectivity index (χ3n) is 3.10. The maximum atomic E-state index is 10.1. The van der Waals surface area contributed by atoms with Crippen LogP contribution in [0.15, 0.2) is 30.6 Å². The summed E-state index contributed by atoms with van der Waals surface area (Å²) in [6, 6.07) is 6.22. The SMILES string of the molecule is Cc1cnc(C(O)Cc2ccc(C)c(C)c2)nc1. The van der Waals surface area contributed by atoms with E-state index >= 15 is 0 Å². The van der Waals surface area contributed by atoms with Crippen molar-refractivity contribution in [2.75, 3.05) is 0 Å². The smallest absolute Gasteiger partial charge is 0.157 e. The summed E-state index contributed by atoms with van der Waals surface area (Å²) in [5, 5.41) is 10.1. The van der Waals surface area contributed by atoms with Gasteiger partial charge in [-0.05, 0) is 43.0 Å². The Bertz CT molecular complexity index is 535. The van der Waals surface area contributed by atoms with Crippen molar-refractivity contribution in [3.8, 4) is 0 Å². The molecule has 0 aliphatic rings. The molecule has 18 heavy (non-hydrogen) atoms. The van der Waals surface area contributed by atoms with E-state index in [1.807, 2.05) is 13.0 Å². The molecule has 1 unspecified atom stereocenters. The van der Waals surface area contributed by atoms with Crippen molar-refractivity contribution in [2.24, 2.45) is 0 Å². The van der Waals surface area contributed by atoms with E-state index in [2.05, 4.69) is 35.9 Å². The number of aromatic nitrogens is 2. The Hall–Kier alpha value is -1.74. The first-order valence-electron chi connectivity index (χ1n) is 6.09. The summed E-state index contributed by atoms with van der Waals surface area (Å²) < 4.78 is 0. The fraction of sp³-hybridized carbons (Fsp3) is 0.333. The molecule has 2 rings (SSSR count). The van der Waals surface area contributed by atoms with Gasteiger partial charge in [0, 0.05) is 18.8 Å². The molecule has 94 valence electrons. The zero-order valence-corrected chi connectivity index (χ0v) is 11.0. The third kappa shape index (κ3) is 2.93. The fourth-order valence-electron chi connectivity index (χ4n) is 1.82. The van der Waals surface area contributed by atoms with E-state index in [0.717, 1.165) is 11.1 Å². The molecular formula is C15H18N2O. The Labute approximate surface area is 108 Å². The Morgan fingerprint density at radius 3 is 2.33 bits per heavy atom. The van der Waals surface area contributed by atoms with E-state index < -0.39 is 6.10 Å². The van der Waals surface area contributed by atoms with Crippen molar-refractivity contribution in [2.45, 2.75) is 33.3 Å². The molecule has 0 bridgehead atoms. The molecule has 3 nitrogen and oxygen atoms in total. The standard InChI is InChI=1S/C15H18N2O/c1-10-8-16-15(17-9-10)14(18)7-13-5-4-11(2)12(3)6-13/h4-6,8-9,14,18H,7H2,1-3H3. The highest BCUT2D eigenvalue weighted by Crippen LogP contribution is 2.17. The molecule has 1 aromatic carbocycles. The first kappa shape index (κ1) is 12.7. The second-order valence-electron chi connectivity index (χ2n) is 4.76. The van der Waals surface area contributed by atoms with Crippen molar-refractivity contribution in [1.29, 1.82) is 0 Å². The highest BCUT2D eigenvalue weighted by atomic mass is 16.3. The first-order valence-corrected chi connectivity index (χ1v) is 6.09. The molecule has 0 aliphatic carbocycles. The van der Waals surface area contributed by atoms with Crippen LogP contribution in [0.5, 0.6) is 0 Å². The van der Waals surface area contributed by atoms with Crippen LogP contribution in [0.3, 0.4) is 0 Å². The Kier molecular flexibility index (Phi) is 3.72. The van der Waals surface area contributed by atoms with Crippen LogP contribution in [0.2, 0.25) is 0 Å². The Morgan fingerprint density at radius 2 is 1.72 bits per heavy atom. The van der Waals surface area contributed by atoms with Gasteiger partial charge in [0.05, 0.1) is 0 Å². The monoisotopic (exact) mass is 242 g/mol. The van der Waals surface area contributed by atoms with Gasteiger partial charge in [-0.1, -0.05) is 18.2 Å². The van der Waals surface area contributed by atoms with Crippen LogP contribution >= 0.6 is 0 Å². The molecule has 1 heterocycles. The number of benzene rings is 1. The molecule has 1 atom stereocenters. The summed E-state index contributed by atoms with van der Waals surface area (Å²) in [7, 11) is 0. The van der Waals surface area contributed by atoms with Gasteiger partial charge in [-0.15, -0.1) is 0 Å². The molecule has 1 N–H and O–H groups in total. The van der Waals surface area contributed by atoms with Gasteiger partial charge >= 0.3 is 0 Å². The minimum absolute atomic E-state index is 0.485. The van der Waals surface area contributed by atoms with Gasteiger partial charge in [0.2, 0.25) is 0 Å². The number of hydrogen-bond acceptors (Lipinski definition) is 3. The van der Waals surface area contributed by atoms with Crippen LogP contribution in [-0.2, 0) is 6.42 Å². The summed E-state index contributed by atoms with van der Waals surface area (Å²) in [6.07, 6.45) is 3.36. The highest BCUT2D eigenvalue weighted by molar-refractivity contribution is 5.30. The third-order valence-corrected chi connectivity index (χ3v) is 3.10. The van der Waals surface area contributed by atoms with Gasteiger partial charge in [-0.3, -0.25) is 0 Å². The van der Waals surface area contributed by atoms with Gasteiger partial charge in [-0.2, -0.15) is 0 Å². The van der Waals surface area contributed by atoms with E-state index in [0.29, 0.717) is 12.2 Å². The van der Waals surface area contributed by atoms with Crippen molar-refractivity contribution in [3.63, 3.8) is 0 Å². The normalized spacial score (nSPS) is 12.4. The molecule has 0 radical (unpaired) electrons. The average molecular weight is 242 g/mol. The van der Waals surface area contributed by atoms with E-state index in [4.69, 9.17) is 0 Å². The van der Waals surface area contributed by atoms with E-state index in [9.17, 15) is 5.11 Å². The van der Waals surface area contributed by atoms with Crippen LogP contribution in [0.1, 0.15) is 34.2 Å². The van der Waals surface area contributed by atoms with Gasteiger partial charge in [-0.25, -0.2) is 9.97 Å². The summed E-state index contributed by atoms with van der Waals surface area (Å²) in [5.74, 6) is 0.485. The number of hydrogen-bond donors (Lipinski definition) is 1. The second kappa shape index (κ2) is 5.27. The predicted molar refractivity (Wildman–Crippen MR) is 71.3 cm³/mol. The molecule has 3 heteroatoms. The number of rotatable bonds is 3. The van der Waals surface area contributed by atoms with E-state index in [1.54, 1.807) is 12.4 Å². The zero-order valence-electron chi connectivity index (χ0n) is 11.0. The topological polar surface area (TPSA) is 46.0 Å². The minimum atomic E-state index is -0.646. The van der Waals surface area contributed by atoms with Gasteiger partial charge in [0.25, 0.3) is 0 Å². The predicted octanol–water partition coefficient (Wildman–Crippen LogP) is 2.68. The van der Waals surface area contributed by atoms with Gasteiger partial charge in [0.1, 0.15) is 6.10 Å². The lowest BCUT2D eigenvalue weighted by Crippen LogP contribution is -2.07. The fourth-order valence-corrected chi connectivity index (χ4v) is 1.82. The van der Waals surface area contributed by atoms with E-state index in [1.165, 1.54) is 11.1 Å². The van der Waals surface area contributed by atoms with E-state index in [-0.39, 0.29) is 0 Å². The van der Waals surface area contributed by atoms with Crippen LogP contribution in [0, 0.1) is 20.8 Å². The zero-order chi connectivity index (χ0) is 13.1. The van der Waals surface area contributed by atoms with Crippen molar-refractivity contribution >= 4 is 0 Å². The lowest BCUT2D eigenvalue weighted by molar-refractivity contribution is 0.168.